The van der Waals surface area contributed by atoms with E-state index in [9.17, 15) is 9.59 Å². The monoisotopic (exact) mass is 372 g/mol. The lowest BCUT2D eigenvalue weighted by molar-refractivity contribution is -0.121. The first-order valence-corrected chi connectivity index (χ1v) is 10.00. The highest BCUT2D eigenvalue weighted by atomic mass is 32.2. The van der Waals surface area contributed by atoms with Crippen LogP contribution in [0, 0.1) is 6.92 Å². The van der Waals surface area contributed by atoms with Gasteiger partial charge in [0.25, 0.3) is 11.1 Å². The van der Waals surface area contributed by atoms with E-state index in [2.05, 4.69) is 58.6 Å². The fourth-order valence-corrected chi connectivity index (χ4v) is 5.25. The summed E-state index contributed by atoms with van der Waals surface area (Å²) in [5.74, 6) is 0.235. The van der Waals surface area contributed by atoms with E-state index >= 15 is 0 Å². The zero-order chi connectivity index (χ0) is 19.4. The van der Waals surface area contributed by atoms with Gasteiger partial charge < -0.3 is 4.90 Å². The topological polar surface area (TPSA) is 40.6 Å². The molecule has 1 fully saturated rings. The Labute approximate surface area is 160 Å². The van der Waals surface area contributed by atoms with Crippen molar-refractivity contribution in [1.29, 1.82) is 0 Å². The molecule has 1 unspecified atom stereocenters. The fraction of sp³-hybridized carbons (Fsp3) is 0.524. The molecule has 2 aliphatic heterocycles. The molecule has 0 aliphatic carbocycles. The number of nitrogens with zero attached hydrogens (tertiary/aromatic N) is 2. The van der Waals surface area contributed by atoms with E-state index in [4.69, 9.17) is 0 Å². The Hall–Kier alpha value is -1.75. The lowest BCUT2D eigenvalue weighted by atomic mass is 9.78. The Morgan fingerprint density at radius 1 is 1.27 bits per heavy atom. The highest BCUT2D eigenvalue weighted by Crippen LogP contribution is 2.46. The van der Waals surface area contributed by atoms with Gasteiger partial charge in [-0.2, -0.15) is 0 Å². The number of benzene rings is 1. The Balaban J connectivity index is 2.10. The number of aryl methyl sites for hydroxylation is 1. The summed E-state index contributed by atoms with van der Waals surface area (Å²) in [5.41, 5.74) is 4.88. The number of hydrogen-bond donors (Lipinski definition) is 0. The van der Waals surface area contributed by atoms with Gasteiger partial charge in [-0.05, 0) is 93.6 Å². The molecule has 1 atom stereocenters. The number of carbonyl (C=O) groups is 2. The molecule has 0 aromatic heterocycles. The van der Waals surface area contributed by atoms with Crippen molar-refractivity contribution >= 4 is 34.7 Å². The van der Waals surface area contributed by atoms with Gasteiger partial charge in [0, 0.05) is 24.3 Å². The highest BCUT2D eigenvalue weighted by molar-refractivity contribution is 8.18. The Bertz CT molecular complexity index is 810. The molecule has 0 radical (unpaired) electrons. The van der Waals surface area contributed by atoms with Crippen molar-refractivity contribution in [1.82, 2.24) is 4.90 Å². The number of carbonyl (C=O) groups excluding carboxylic acids is 2. The largest absolute Gasteiger partial charge is 0.364 e. The summed E-state index contributed by atoms with van der Waals surface area (Å²) in [5, 5.41) is -0.210. The standard InChI is InChI=1S/C21H28N2O2S/c1-12(2)23-17-8-13(3)15(9-16(17)14(4)11-21(23,5)6)10-18-19(24)22(7)20(25)26-18/h8-10,12,14H,11H2,1-7H3/b18-10+. The number of fused-ring (bicyclic) bond motifs is 1. The summed E-state index contributed by atoms with van der Waals surface area (Å²) in [6, 6.07) is 4.87. The van der Waals surface area contributed by atoms with Crippen molar-refractivity contribution in [2.24, 2.45) is 0 Å². The van der Waals surface area contributed by atoms with Gasteiger partial charge in [0.05, 0.1) is 4.91 Å². The minimum Gasteiger partial charge on any atom is -0.364 e. The molecule has 0 bridgehead atoms. The molecule has 0 N–H and O–H groups in total. The second-order valence-corrected chi connectivity index (χ2v) is 9.38. The maximum Gasteiger partial charge on any atom is 0.293 e. The van der Waals surface area contributed by atoms with E-state index < -0.39 is 0 Å². The second kappa shape index (κ2) is 6.45. The zero-order valence-corrected chi connectivity index (χ0v) is 17.5. The fourth-order valence-electron chi connectivity index (χ4n) is 4.43. The van der Waals surface area contributed by atoms with Crippen molar-refractivity contribution in [3.05, 3.63) is 33.7 Å². The molecule has 1 aromatic rings. The van der Waals surface area contributed by atoms with Gasteiger partial charge in [0.1, 0.15) is 0 Å². The summed E-state index contributed by atoms with van der Waals surface area (Å²) in [6.07, 6.45) is 2.96. The summed E-state index contributed by atoms with van der Waals surface area (Å²) in [7, 11) is 1.53. The Kier molecular flexibility index (Phi) is 4.72. The maximum atomic E-state index is 12.2. The van der Waals surface area contributed by atoms with E-state index in [-0.39, 0.29) is 16.7 Å². The number of hydrogen-bond acceptors (Lipinski definition) is 4. The summed E-state index contributed by atoms with van der Waals surface area (Å²) in [4.78, 5) is 28.2. The minimum atomic E-state index is -0.213. The molecule has 2 aliphatic rings. The predicted molar refractivity (Wildman–Crippen MR) is 110 cm³/mol. The zero-order valence-electron chi connectivity index (χ0n) is 16.7. The number of thioether (sulfide) groups is 1. The van der Waals surface area contributed by atoms with E-state index in [1.54, 1.807) is 0 Å². The number of imide groups is 1. The maximum absolute atomic E-state index is 12.2. The molecule has 140 valence electrons. The third-order valence-electron chi connectivity index (χ3n) is 5.45. The van der Waals surface area contributed by atoms with Crippen molar-refractivity contribution in [3.63, 3.8) is 0 Å². The lowest BCUT2D eigenvalue weighted by Gasteiger charge is -2.50. The highest BCUT2D eigenvalue weighted by Gasteiger charge is 2.38. The van der Waals surface area contributed by atoms with Crippen molar-refractivity contribution in [2.45, 2.75) is 65.5 Å². The smallest absolute Gasteiger partial charge is 0.293 e. The number of amides is 2. The van der Waals surface area contributed by atoms with E-state index in [1.165, 1.54) is 23.2 Å². The van der Waals surface area contributed by atoms with Crippen LogP contribution in [0.1, 0.15) is 63.6 Å². The van der Waals surface area contributed by atoms with Crippen LogP contribution in [0.4, 0.5) is 10.5 Å². The molecular weight excluding hydrogens is 344 g/mol. The average molecular weight is 373 g/mol. The molecular formula is C21H28N2O2S. The molecule has 26 heavy (non-hydrogen) atoms. The van der Waals surface area contributed by atoms with Crippen LogP contribution in [-0.4, -0.2) is 34.7 Å². The number of likely N-dealkylation sites (N-methyl/N-ethyl adjacent to an activating group) is 1. The van der Waals surface area contributed by atoms with Crippen LogP contribution in [0.15, 0.2) is 17.0 Å². The van der Waals surface area contributed by atoms with Gasteiger partial charge in [0.15, 0.2) is 0 Å². The quantitative estimate of drug-likeness (QED) is 0.672. The van der Waals surface area contributed by atoms with Gasteiger partial charge in [-0.1, -0.05) is 6.92 Å². The minimum absolute atomic E-state index is 0.111. The Morgan fingerprint density at radius 3 is 2.46 bits per heavy atom. The lowest BCUT2D eigenvalue weighted by Crippen LogP contribution is -2.51. The molecule has 0 saturated carbocycles. The van der Waals surface area contributed by atoms with Crippen LogP contribution in [0.25, 0.3) is 6.08 Å². The Morgan fingerprint density at radius 2 is 1.92 bits per heavy atom. The first-order chi connectivity index (χ1) is 12.0. The van der Waals surface area contributed by atoms with Gasteiger partial charge in [-0.15, -0.1) is 0 Å². The summed E-state index contributed by atoms with van der Waals surface area (Å²) in [6.45, 7) is 13.5. The van der Waals surface area contributed by atoms with Crippen LogP contribution in [0.5, 0.6) is 0 Å². The van der Waals surface area contributed by atoms with Crippen LogP contribution in [-0.2, 0) is 4.79 Å². The normalized spacial score (nSPS) is 24.0. The van der Waals surface area contributed by atoms with Gasteiger partial charge in [-0.25, -0.2) is 0 Å². The summed E-state index contributed by atoms with van der Waals surface area (Å²) >= 11 is 1.02. The average Bonchev–Trinajstić information content (AvgIpc) is 2.74. The number of rotatable bonds is 2. The number of anilines is 1. The van der Waals surface area contributed by atoms with Gasteiger partial charge in [0.2, 0.25) is 0 Å². The molecule has 1 aromatic carbocycles. The van der Waals surface area contributed by atoms with Crippen LogP contribution < -0.4 is 4.90 Å². The molecule has 2 amide bonds. The summed E-state index contributed by atoms with van der Waals surface area (Å²) < 4.78 is 0. The van der Waals surface area contributed by atoms with Crippen molar-refractivity contribution in [2.75, 3.05) is 11.9 Å². The van der Waals surface area contributed by atoms with Gasteiger partial charge >= 0.3 is 0 Å². The first kappa shape index (κ1) is 19.0. The van der Waals surface area contributed by atoms with Crippen LogP contribution >= 0.6 is 11.8 Å². The van der Waals surface area contributed by atoms with E-state index in [1.807, 2.05) is 6.08 Å². The third-order valence-corrected chi connectivity index (χ3v) is 6.41. The molecule has 4 nitrogen and oxygen atoms in total. The third kappa shape index (κ3) is 3.07. The van der Waals surface area contributed by atoms with Gasteiger partial charge in [-0.3, -0.25) is 14.5 Å². The predicted octanol–water partition coefficient (Wildman–Crippen LogP) is 5.16. The van der Waals surface area contributed by atoms with E-state index in [0.29, 0.717) is 16.9 Å². The molecule has 3 rings (SSSR count). The second-order valence-electron chi connectivity index (χ2n) is 8.39. The molecule has 0 spiro atoms. The van der Waals surface area contributed by atoms with Crippen molar-refractivity contribution < 1.29 is 9.59 Å². The molecule has 2 heterocycles. The van der Waals surface area contributed by atoms with Crippen LogP contribution in [0.3, 0.4) is 0 Å². The van der Waals surface area contributed by atoms with E-state index in [0.717, 1.165) is 29.3 Å². The molecule has 1 saturated heterocycles. The SMILES string of the molecule is Cc1cc2c(cc1/C=C1/SC(=O)N(C)C1=O)C(C)CC(C)(C)N2C(C)C. The van der Waals surface area contributed by atoms with Crippen molar-refractivity contribution in [3.8, 4) is 0 Å². The molecule has 5 heteroatoms. The van der Waals surface area contributed by atoms with Crippen LogP contribution in [0.2, 0.25) is 0 Å². The first-order valence-electron chi connectivity index (χ1n) is 9.18.